The average Bonchev–Trinajstić information content (AvgIpc) is 3.32. The second-order valence-electron chi connectivity index (χ2n) is 8.53. The zero-order chi connectivity index (χ0) is 23.5. The van der Waals surface area contributed by atoms with Crippen LogP contribution in [0.1, 0.15) is 49.1 Å². The summed E-state index contributed by atoms with van der Waals surface area (Å²) in [4.78, 5) is 17.0. The van der Waals surface area contributed by atoms with E-state index in [1.807, 2.05) is 36.7 Å². The number of nitrogens with zero attached hydrogens (tertiary/aromatic N) is 5. The summed E-state index contributed by atoms with van der Waals surface area (Å²) in [6.45, 7) is 8.31. The van der Waals surface area contributed by atoms with E-state index in [1.165, 1.54) is 0 Å². The first kappa shape index (κ1) is 23.5. The molecule has 0 aliphatic carbocycles. The number of hydrogen-bond donors (Lipinski definition) is 2. The maximum atomic E-state index is 12.6. The Morgan fingerprint density at radius 3 is 2.78 bits per heavy atom. The predicted octanol–water partition coefficient (Wildman–Crippen LogP) is 3.56. The molecule has 0 bridgehead atoms. The van der Waals surface area contributed by atoms with Crippen molar-refractivity contribution in [2.24, 2.45) is 0 Å². The first-order chi connectivity index (χ1) is 15.1. The topological polar surface area (TPSA) is 109 Å². The minimum absolute atomic E-state index is 0.179. The van der Waals surface area contributed by atoms with Crippen molar-refractivity contribution < 1.29 is 9.90 Å². The lowest BCUT2D eigenvalue weighted by Crippen LogP contribution is -2.36. The molecular weight excluding hydrogens is 428 g/mol. The van der Waals surface area contributed by atoms with Gasteiger partial charge >= 0.3 is 0 Å². The van der Waals surface area contributed by atoms with Crippen molar-refractivity contribution in [1.82, 2.24) is 24.6 Å². The number of amides is 1. The van der Waals surface area contributed by atoms with Crippen molar-refractivity contribution in [1.29, 1.82) is 5.26 Å². The van der Waals surface area contributed by atoms with Crippen LogP contribution in [0.15, 0.2) is 36.7 Å². The number of rotatable bonds is 8. The van der Waals surface area contributed by atoms with Gasteiger partial charge in [-0.05, 0) is 52.3 Å². The van der Waals surface area contributed by atoms with Crippen LogP contribution in [0.4, 0.5) is 0 Å². The number of nitriles is 1. The second kappa shape index (κ2) is 9.55. The standard InChI is InChI=1S/C23H27ClN6O2/c1-15(26-22(31)21-14-29(16(2)27-21)10-8-23(3,4)32)13-30-9-7-20(28-30)17-5-6-18(12-25)19(24)11-17/h5-7,9,11,14-15,32H,8,10,13H2,1-4H3,(H,26,31)/t15-/m0/s1. The highest BCUT2D eigenvalue weighted by atomic mass is 35.5. The third kappa shape index (κ3) is 5.96. The van der Waals surface area contributed by atoms with Crippen LogP contribution in [0.3, 0.4) is 0 Å². The first-order valence-corrected chi connectivity index (χ1v) is 10.7. The number of halogens is 1. The van der Waals surface area contributed by atoms with E-state index in [1.54, 1.807) is 42.9 Å². The predicted molar refractivity (Wildman–Crippen MR) is 122 cm³/mol. The van der Waals surface area contributed by atoms with Gasteiger partial charge in [-0.2, -0.15) is 10.4 Å². The van der Waals surface area contributed by atoms with E-state index < -0.39 is 5.60 Å². The summed E-state index contributed by atoms with van der Waals surface area (Å²) < 4.78 is 3.62. The summed E-state index contributed by atoms with van der Waals surface area (Å²) in [6.07, 6.45) is 4.11. The van der Waals surface area contributed by atoms with E-state index in [4.69, 9.17) is 16.9 Å². The fourth-order valence-electron chi connectivity index (χ4n) is 3.24. The SMILES string of the molecule is Cc1nc(C(=O)N[C@@H](C)Cn2ccc(-c3ccc(C#N)c(Cl)c3)n2)cn1CCC(C)(C)O. The van der Waals surface area contributed by atoms with Gasteiger partial charge < -0.3 is 15.0 Å². The van der Waals surface area contributed by atoms with Gasteiger partial charge in [0.1, 0.15) is 17.6 Å². The Balaban J connectivity index is 1.60. The van der Waals surface area contributed by atoms with E-state index in [0.717, 1.165) is 17.1 Å². The summed E-state index contributed by atoms with van der Waals surface area (Å²) in [5.41, 5.74) is 1.54. The van der Waals surface area contributed by atoms with Gasteiger partial charge in [-0.15, -0.1) is 0 Å². The van der Waals surface area contributed by atoms with E-state index in [9.17, 15) is 9.90 Å². The molecule has 0 saturated carbocycles. The number of nitrogens with one attached hydrogen (secondary N) is 1. The van der Waals surface area contributed by atoms with Gasteiger partial charge in [0.25, 0.3) is 5.91 Å². The summed E-state index contributed by atoms with van der Waals surface area (Å²) in [5, 5.41) is 26.8. The molecule has 0 fully saturated rings. The molecule has 8 nitrogen and oxygen atoms in total. The fraction of sp³-hybridized carbons (Fsp3) is 0.391. The molecule has 32 heavy (non-hydrogen) atoms. The Kier molecular flexibility index (Phi) is 7.02. The molecule has 2 aromatic heterocycles. The fourth-order valence-corrected chi connectivity index (χ4v) is 3.47. The van der Waals surface area contributed by atoms with E-state index in [-0.39, 0.29) is 11.9 Å². The molecule has 0 aliphatic heterocycles. The highest BCUT2D eigenvalue weighted by Gasteiger charge is 2.18. The van der Waals surface area contributed by atoms with Crippen molar-refractivity contribution in [2.75, 3.05) is 0 Å². The van der Waals surface area contributed by atoms with Crippen LogP contribution < -0.4 is 5.32 Å². The van der Waals surface area contributed by atoms with Crippen LogP contribution in [0, 0.1) is 18.3 Å². The monoisotopic (exact) mass is 454 g/mol. The molecule has 1 atom stereocenters. The van der Waals surface area contributed by atoms with Crippen molar-refractivity contribution in [3.8, 4) is 17.3 Å². The Labute approximate surface area is 192 Å². The Morgan fingerprint density at radius 2 is 2.12 bits per heavy atom. The zero-order valence-electron chi connectivity index (χ0n) is 18.6. The molecular formula is C23H27ClN6O2. The van der Waals surface area contributed by atoms with E-state index in [0.29, 0.717) is 35.8 Å². The molecule has 1 aromatic carbocycles. The minimum Gasteiger partial charge on any atom is -0.390 e. The maximum absolute atomic E-state index is 12.6. The zero-order valence-corrected chi connectivity index (χ0v) is 19.4. The molecule has 0 aliphatic rings. The number of aliphatic hydroxyl groups is 1. The molecule has 0 saturated heterocycles. The number of aromatic nitrogens is 4. The second-order valence-corrected chi connectivity index (χ2v) is 8.94. The number of benzene rings is 1. The Bertz CT molecular complexity index is 1150. The highest BCUT2D eigenvalue weighted by Crippen LogP contribution is 2.24. The number of carbonyl (C=O) groups excluding carboxylic acids is 1. The lowest BCUT2D eigenvalue weighted by Gasteiger charge is -2.17. The molecule has 3 aromatic rings. The Hall–Kier alpha value is -3.15. The summed E-state index contributed by atoms with van der Waals surface area (Å²) in [5.74, 6) is 0.471. The molecule has 168 valence electrons. The molecule has 1 amide bonds. The van der Waals surface area contributed by atoms with Crippen LogP contribution in [0.25, 0.3) is 11.3 Å². The molecule has 2 heterocycles. The van der Waals surface area contributed by atoms with Crippen LogP contribution in [-0.2, 0) is 13.1 Å². The van der Waals surface area contributed by atoms with Gasteiger partial charge in [-0.1, -0.05) is 17.7 Å². The van der Waals surface area contributed by atoms with E-state index in [2.05, 4.69) is 15.4 Å². The number of carbonyl (C=O) groups is 1. The van der Waals surface area contributed by atoms with Crippen molar-refractivity contribution in [3.05, 3.63) is 58.8 Å². The average molecular weight is 455 g/mol. The molecule has 0 radical (unpaired) electrons. The summed E-state index contributed by atoms with van der Waals surface area (Å²) in [6, 6.07) is 8.91. The van der Waals surface area contributed by atoms with Gasteiger partial charge in [0, 0.05) is 30.5 Å². The molecule has 2 N–H and O–H groups in total. The first-order valence-electron chi connectivity index (χ1n) is 10.4. The van der Waals surface area contributed by atoms with Crippen molar-refractivity contribution in [2.45, 2.75) is 58.8 Å². The van der Waals surface area contributed by atoms with Crippen molar-refractivity contribution in [3.63, 3.8) is 0 Å². The third-order valence-electron chi connectivity index (χ3n) is 5.04. The molecule has 9 heteroatoms. The van der Waals surface area contributed by atoms with Gasteiger partial charge in [0.05, 0.1) is 28.4 Å². The number of imidazole rings is 1. The maximum Gasteiger partial charge on any atom is 0.271 e. The summed E-state index contributed by atoms with van der Waals surface area (Å²) in [7, 11) is 0. The molecule has 0 unspecified atom stereocenters. The van der Waals surface area contributed by atoms with Crippen LogP contribution in [-0.4, -0.2) is 42.0 Å². The number of hydrogen-bond acceptors (Lipinski definition) is 5. The van der Waals surface area contributed by atoms with Gasteiger partial charge in [-0.3, -0.25) is 9.48 Å². The quantitative estimate of drug-likeness (QED) is 0.541. The highest BCUT2D eigenvalue weighted by molar-refractivity contribution is 6.32. The van der Waals surface area contributed by atoms with Crippen LogP contribution >= 0.6 is 11.6 Å². The normalized spacial score (nSPS) is 12.4. The van der Waals surface area contributed by atoms with Crippen LogP contribution in [0.2, 0.25) is 5.02 Å². The van der Waals surface area contributed by atoms with Crippen molar-refractivity contribution >= 4 is 17.5 Å². The van der Waals surface area contributed by atoms with Gasteiger partial charge in [0.15, 0.2) is 0 Å². The van der Waals surface area contributed by atoms with E-state index >= 15 is 0 Å². The molecule has 3 rings (SSSR count). The number of aryl methyl sites for hydroxylation is 2. The lowest BCUT2D eigenvalue weighted by atomic mass is 10.1. The lowest BCUT2D eigenvalue weighted by molar-refractivity contribution is 0.0660. The summed E-state index contributed by atoms with van der Waals surface area (Å²) >= 11 is 6.12. The smallest absolute Gasteiger partial charge is 0.271 e. The minimum atomic E-state index is -0.778. The largest absolute Gasteiger partial charge is 0.390 e. The Morgan fingerprint density at radius 1 is 1.38 bits per heavy atom. The van der Waals surface area contributed by atoms with Gasteiger partial charge in [0.2, 0.25) is 0 Å². The molecule has 0 spiro atoms. The third-order valence-corrected chi connectivity index (χ3v) is 5.35. The van der Waals surface area contributed by atoms with Gasteiger partial charge in [-0.25, -0.2) is 4.98 Å². The van der Waals surface area contributed by atoms with Crippen LogP contribution in [0.5, 0.6) is 0 Å².